The number of nitrogens with one attached hydrogen (secondary N) is 2. The highest BCUT2D eigenvalue weighted by molar-refractivity contribution is 6.31. The summed E-state index contributed by atoms with van der Waals surface area (Å²) in [5.74, 6) is -4.04. The molecule has 1 spiro atoms. The topological polar surface area (TPSA) is 116 Å². The van der Waals surface area contributed by atoms with E-state index in [1.54, 1.807) is 18.2 Å². The van der Waals surface area contributed by atoms with E-state index in [0.717, 1.165) is 5.56 Å². The molecular formula is C24H22ClN3O5. The van der Waals surface area contributed by atoms with E-state index in [1.165, 1.54) is 4.90 Å². The van der Waals surface area contributed by atoms with Gasteiger partial charge in [0.25, 0.3) is 0 Å². The number of fused-ring (bicyclic) bond motifs is 4. The van der Waals surface area contributed by atoms with Crippen LogP contribution in [0.1, 0.15) is 24.0 Å². The molecule has 170 valence electrons. The molecule has 0 radical (unpaired) electrons. The summed E-state index contributed by atoms with van der Waals surface area (Å²) in [6.45, 7) is 0.195. The van der Waals surface area contributed by atoms with E-state index in [-0.39, 0.29) is 25.3 Å². The molecule has 3 heterocycles. The molecule has 0 unspecified atom stereocenters. The Morgan fingerprint density at radius 2 is 1.85 bits per heavy atom. The summed E-state index contributed by atoms with van der Waals surface area (Å²) in [4.78, 5) is 52.9. The second-order valence-electron chi connectivity index (χ2n) is 8.70. The van der Waals surface area contributed by atoms with Gasteiger partial charge in [0.05, 0.1) is 11.8 Å². The summed E-state index contributed by atoms with van der Waals surface area (Å²) in [6, 6.07) is 13.8. The molecule has 0 saturated carbocycles. The maximum absolute atomic E-state index is 13.6. The van der Waals surface area contributed by atoms with Crippen molar-refractivity contribution < 1.29 is 24.3 Å². The fourth-order valence-corrected chi connectivity index (χ4v) is 5.64. The van der Waals surface area contributed by atoms with Gasteiger partial charge in [0.1, 0.15) is 5.54 Å². The smallest absolute Gasteiger partial charge is 0.303 e. The van der Waals surface area contributed by atoms with Crippen LogP contribution in [0.5, 0.6) is 0 Å². The van der Waals surface area contributed by atoms with Crippen LogP contribution in [-0.2, 0) is 31.1 Å². The minimum atomic E-state index is -1.47. The van der Waals surface area contributed by atoms with Crippen molar-refractivity contribution in [2.24, 2.45) is 11.8 Å². The molecule has 0 aromatic heterocycles. The molecule has 9 heteroatoms. The predicted molar refractivity (Wildman–Crippen MR) is 119 cm³/mol. The number of carboxylic acids is 1. The van der Waals surface area contributed by atoms with E-state index in [0.29, 0.717) is 22.7 Å². The number of benzene rings is 2. The number of hydrogen-bond donors (Lipinski definition) is 3. The van der Waals surface area contributed by atoms with Gasteiger partial charge in [-0.25, -0.2) is 0 Å². The number of anilines is 1. The lowest BCUT2D eigenvalue weighted by Crippen LogP contribution is -2.53. The molecule has 3 aliphatic rings. The molecule has 2 fully saturated rings. The van der Waals surface area contributed by atoms with Gasteiger partial charge in [-0.15, -0.1) is 0 Å². The number of rotatable bonds is 6. The third-order valence-electron chi connectivity index (χ3n) is 6.90. The van der Waals surface area contributed by atoms with E-state index < -0.39 is 41.2 Å². The van der Waals surface area contributed by atoms with E-state index in [2.05, 4.69) is 10.6 Å². The highest BCUT2D eigenvalue weighted by Gasteiger charge is 2.70. The number of imide groups is 1. The van der Waals surface area contributed by atoms with Crippen LogP contribution in [0.4, 0.5) is 5.69 Å². The lowest BCUT2D eigenvalue weighted by molar-refractivity contribution is -0.143. The molecule has 2 aromatic rings. The van der Waals surface area contributed by atoms with E-state index >= 15 is 0 Å². The fraction of sp³-hybridized carbons (Fsp3) is 0.333. The van der Waals surface area contributed by atoms with Gasteiger partial charge < -0.3 is 10.4 Å². The zero-order valence-electron chi connectivity index (χ0n) is 17.6. The summed E-state index contributed by atoms with van der Waals surface area (Å²) in [5, 5.41) is 15.6. The number of carbonyl (C=O) groups excluding carboxylic acids is 3. The molecule has 5 rings (SSSR count). The fourth-order valence-electron chi connectivity index (χ4n) is 5.47. The number of likely N-dealkylation sites (tertiary alicyclic amines) is 1. The first kappa shape index (κ1) is 21.6. The van der Waals surface area contributed by atoms with Crippen LogP contribution in [0.3, 0.4) is 0 Å². The Kier molecular flexibility index (Phi) is 5.22. The third kappa shape index (κ3) is 3.32. The zero-order chi connectivity index (χ0) is 23.3. The number of halogens is 1. The Morgan fingerprint density at radius 3 is 2.58 bits per heavy atom. The Bertz CT molecular complexity index is 1170. The van der Waals surface area contributed by atoms with Crippen LogP contribution >= 0.6 is 11.6 Å². The van der Waals surface area contributed by atoms with E-state index in [9.17, 15) is 24.3 Å². The molecule has 4 atom stereocenters. The van der Waals surface area contributed by atoms with Crippen molar-refractivity contribution in [2.45, 2.75) is 30.8 Å². The number of hydrogen-bond acceptors (Lipinski definition) is 5. The second-order valence-corrected chi connectivity index (χ2v) is 9.14. The normalized spacial score (nSPS) is 27.7. The van der Waals surface area contributed by atoms with Crippen molar-refractivity contribution in [2.75, 3.05) is 11.9 Å². The van der Waals surface area contributed by atoms with Gasteiger partial charge in [0.15, 0.2) is 0 Å². The molecule has 3 amide bonds. The first-order valence-corrected chi connectivity index (χ1v) is 11.2. The van der Waals surface area contributed by atoms with Crippen LogP contribution in [0.25, 0.3) is 0 Å². The Hall–Kier alpha value is -3.23. The van der Waals surface area contributed by atoms with E-state index in [1.807, 2.05) is 30.3 Å². The quantitative estimate of drug-likeness (QED) is 0.561. The lowest BCUT2D eigenvalue weighted by Gasteiger charge is -2.29. The molecule has 0 bridgehead atoms. The minimum absolute atomic E-state index is 0.118. The molecular weight excluding hydrogens is 446 g/mol. The SMILES string of the molecule is O=C(O)CC[C@@H]1N[C@@]2(C(=O)Nc3ccc(Cl)cc32)[C@@H]2C(=O)N(CCc3ccccc3)C(=O)[C@@H]12. The summed E-state index contributed by atoms with van der Waals surface area (Å²) in [6.07, 6.45) is 0.423. The Balaban J connectivity index is 1.53. The molecule has 0 aliphatic carbocycles. The van der Waals surface area contributed by atoms with Crippen molar-refractivity contribution in [3.63, 3.8) is 0 Å². The third-order valence-corrected chi connectivity index (χ3v) is 7.14. The van der Waals surface area contributed by atoms with Crippen molar-refractivity contribution >= 4 is 41.0 Å². The summed E-state index contributed by atoms with van der Waals surface area (Å²) >= 11 is 6.22. The number of aliphatic carboxylic acids is 1. The van der Waals surface area contributed by atoms with Gasteiger partial charge in [0.2, 0.25) is 17.7 Å². The number of amides is 3. The summed E-state index contributed by atoms with van der Waals surface area (Å²) in [7, 11) is 0. The monoisotopic (exact) mass is 467 g/mol. The van der Waals surface area contributed by atoms with Crippen molar-refractivity contribution in [3.8, 4) is 0 Å². The summed E-state index contributed by atoms with van der Waals surface area (Å²) in [5.41, 5.74) is 0.556. The molecule has 2 saturated heterocycles. The standard InChI is InChI=1S/C24H22ClN3O5/c25-14-6-7-16-15(12-14)24(23(33)26-16)20-19(17(27-24)8-9-18(29)30)21(31)28(22(20)32)11-10-13-4-2-1-3-5-13/h1-7,12,17,19-20,27H,8-11H2,(H,26,33)(H,29,30)/t17-,19-,20-,24+/m0/s1. The average Bonchev–Trinajstić information content (AvgIpc) is 3.37. The largest absolute Gasteiger partial charge is 0.481 e. The predicted octanol–water partition coefficient (Wildman–Crippen LogP) is 2.17. The average molecular weight is 468 g/mol. The van der Waals surface area contributed by atoms with Crippen LogP contribution in [-0.4, -0.2) is 46.3 Å². The van der Waals surface area contributed by atoms with Gasteiger partial charge in [0, 0.05) is 35.3 Å². The Morgan fingerprint density at radius 1 is 1.09 bits per heavy atom. The van der Waals surface area contributed by atoms with E-state index in [4.69, 9.17) is 11.6 Å². The van der Waals surface area contributed by atoms with Crippen LogP contribution in [0, 0.1) is 11.8 Å². The second kappa shape index (κ2) is 7.97. The van der Waals surface area contributed by atoms with Crippen LogP contribution in [0.15, 0.2) is 48.5 Å². The molecule has 3 aliphatic heterocycles. The van der Waals surface area contributed by atoms with Crippen molar-refractivity contribution in [3.05, 3.63) is 64.7 Å². The summed E-state index contributed by atoms with van der Waals surface area (Å²) < 4.78 is 0. The van der Waals surface area contributed by atoms with Gasteiger partial charge >= 0.3 is 5.97 Å². The number of nitrogens with zero attached hydrogens (tertiary/aromatic N) is 1. The van der Waals surface area contributed by atoms with Gasteiger partial charge in [-0.2, -0.15) is 0 Å². The Labute approximate surface area is 194 Å². The maximum atomic E-state index is 13.6. The number of carbonyl (C=O) groups is 4. The minimum Gasteiger partial charge on any atom is -0.481 e. The van der Waals surface area contributed by atoms with Crippen LogP contribution in [0.2, 0.25) is 5.02 Å². The van der Waals surface area contributed by atoms with Crippen molar-refractivity contribution in [1.29, 1.82) is 0 Å². The lowest BCUT2D eigenvalue weighted by atomic mass is 9.76. The van der Waals surface area contributed by atoms with Gasteiger partial charge in [-0.05, 0) is 36.6 Å². The maximum Gasteiger partial charge on any atom is 0.303 e. The molecule has 8 nitrogen and oxygen atoms in total. The zero-order valence-corrected chi connectivity index (χ0v) is 18.3. The molecule has 33 heavy (non-hydrogen) atoms. The number of carboxylic acid groups (broad SMARTS) is 1. The van der Waals surface area contributed by atoms with Gasteiger partial charge in [-0.3, -0.25) is 29.4 Å². The van der Waals surface area contributed by atoms with Gasteiger partial charge in [-0.1, -0.05) is 41.9 Å². The highest BCUT2D eigenvalue weighted by atomic mass is 35.5. The first-order chi connectivity index (χ1) is 15.8. The molecule has 3 N–H and O–H groups in total. The highest BCUT2D eigenvalue weighted by Crippen LogP contribution is 2.53. The molecule has 2 aromatic carbocycles. The van der Waals surface area contributed by atoms with Crippen molar-refractivity contribution in [1.82, 2.24) is 10.2 Å². The first-order valence-electron chi connectivity index (χ1n) is 10.8. The van der Waals surface area contributed by atoms with Crippen LogP contribution < -0.4 is 10.6 Å².